The number of thiophene rings is 1. The van der Waals surface area contributed by atoms with Gasteiger partial charge in [0.05, 0.1) is 11.4 Å². The minimum absolute atomic E-state index is 0.0684. The Bertz CT molecular complexity index is 932. The van der Waals surface area contributed by atoms with Gasteiger partial charge < -0.3 is 9.73 Å². The Balaban J connectivity index is 1.64. The predicted octanol–water partition coefficient (Wildman–Crippen LogP) is 2.60. The maximum atomic E-state index is 12.8. The summed E-state index contributed by atoms with van der Waals surface area (Å²) >= 11 is 1.59. The van der Waals surface area contributed by atoms with Crippen molar-refractivity contribution >= 4 is 11.3 Å². The fourth-order valence-electron chi connectivity index (χ4n) is 3.46. The molecule has 4 rings (SSSR count). The molecular weight excluding hydrogens is 350 g/mol. The lowest BCUT2D eigenvalue weighted by Gasteiger charge is -2.21. The van der Waals surface area contributed by atoms with Crippen molar-refractivity contribution in [1.82, 2.24) is 24.6 Å². The maximum absolute atomic E-state index is 12.8. The van der Waals surface area contributed by atoms with Crippen LogP contribution in [0.3, 0.4) is 0 Å². The van der Waals surface area contributed by atoms with E-state index in [1.807, 2.05) is 31.4 Å². The van der Waals surface area contributed by atoms with E-state index >= 15 is 0 Å². The normalized spacial score (nSPS) is 15.6. The van der Waals surface area contributed by atoms with Crippen LogP contribution in [-0.4, -0.2) is 32.4 Å². The SMILES string of the molecule is CCn1c(C2CCNCC2)nn(Cc2nc(-c3cccs3)oc2C)c1=O. The molecule has 26 heavy (non-hydrogen) atoms. The third kappa shape index (κ3) is 3.14. The molecule has 0 spiro atoms. The molecule has 0 radical (unpaired) electrons. The molecule has 0 aliphatic carbocycles. The van der Waals surface area contributed by atoms with E-state index in [9.17, 15) is 4.79 Å². The van der Waals surface area contributed by atoms with Gasteiger partial charge in [-0.25, -0.2) is 14.5 Å². The Morgan fingerprint density at radius 1 is 1.38 bits per heavy atom. The minimum Gasteiger partial charge on any atom is -0.440 e. The van der Waals surface area contributed by atoms with E-state index in [0.29, 0.717) is 24.9 Å². The molecule has 1 fully saturated rings. The van der Waals surface area contributed by atoms with Crippen LogP contribution >= 0.6 is 11.3 Å². The predicted molar refractivity (Wildman–Crippen MR) is 101 cm³/mol. The quantitative estimate of drug-likeness (QED) is 0.744. The Kier molecular flexibility index (Phi) is 4.78. The molecule has 0 aromatic carbocycles. The maximum Gasteiger partial charge on any atom is 0.346 e. The number of aromatic nitrogens is 4. The molecule has 1 aliphatic heterocycles. The summed E-state index contributed by atoms with van der Waals surface area (Å²) in [4.78, 5) is 18.4. The van der Waals surface area contributed by atoms with Gasteiger partial charge in [-0.3, -0.25) is 4.57 Å². The number of hydrogen-bond acceptors (Lipinski definition) is 6. The number of hydrogen-bond donors (Lipinski definition) is 1. The van der Waals surface area contributed by atoms with E-state index in [2.05, 4.69) is 15.4 Å². The summed E-state index contributed by atoms with van der Waals surface area (Å²) in [7, 11) is 0. The van der Waals surface area contributed by atoms with Gasteiger partial charge in [-0.05, 0) is 51.2 Å². The van der Waals surface area contributed by atoms with Crippen molar-refractivity contribution < 1.29 is 4.42 Å². The third-order valence-corrected chi connectivity index (χ3v) is 5.75. The lowest BCUT2D eigenvalue weighted by Crippen LogP contribution is -2.29. The lowest BCUT2D eigenvalue weighted by atomic mass is 9.97. The molecule has 1 saturated heterocycles. The molecule has 8 heteroatoms. The monoisotopic (exact) mass is 373 g/mol. The standard InChI is InChI=1S/C18H23N5O2S/c1-3-22-16(13-6-8-19-9-7-13)21-23(18(22)24)11-14-12(2)25-17(20-14)15-5-4-10-26-15/h4-5,10,13,19H,3,6-9,11H2,1-2H3. The van der Waals surface area contributed by atoms with Crippen LogP contribution in [0, 0.1) is 6.92 Å². The molecule has 3 aromatic rings. The summed E-state index contributed by atoms with van der Waals surface area (Å²) < 4.78 is 9.12. The van der Waals surface area contributed by atoms with Crippen molar-refractivity contribution in [2.24, 2.45) is 0 Å². The Hall–Kier alpha value is -2.19. The zero-order valence-corrected chi connectivity index (χ0v) is 15.9. The fourth-order valence-corrected chi connectivity index (χ4v) is 4.11. The summed E-state index contributed by atoms with van der Waals surface area (Å²) in [5, 5.41) is 10.0. The number of oxazole rings is 1. The van der Waals surface area contributed by atoms with Crippen LogP contribution in [0.1, 0.15) is 43.0 Å². The van der Waals surface area contributed by atoms with Crippen molar-refractivity contribution in [1.29, 1.82) is 0 Å². The van der Waals surface area contributed by atoms with Gasteiger partial charge in [-0.15, -0.1) is 11.3 Å². The molecule has 3 aromatic heterocycles. The first-order valence-electron chi connectivity index (χ1n) is 9.05. The molecule has 4 heterocycles. The van der Waals surface area contributed by atoms with Gasteiger partial charge in [0.25, 0.3) is 0 Å². The molecule has 7 nitrogen and oxygen atoms in total. The van der Waals surface area contributed by atoms with Crippen molar-refractivity contribution in [3.8, 4) is 10.8 Å². The molecule has 0 amide bonds. The van der Waals surface area contributed by atoms with Gasteiger partial charge in [-0.2, -0.15) is 5.10 Å². The number of nitrogens with one attached hydrogen (secondary N) is 1. The average Bonchev–Trinajstić information content (AvgIpc) is 3.37. The fraction of sp³-hybridized carbons (Fsp3) is 0.500. The number of rotatable bonds is 5. The second kappa shape index (κ2) is 7.20. The lowest BCUT2D eigenvalue weighted by molar-refractivity contribution is 0.429. The molecule has 0 atom stereocenters. The second-order valence-electron chi connectivity index (χ2n) is 6.57. The van der Waals surface area contributed by atoms with Crippen LogP contribution in [0.15, 0.2) is 26.7 Å². The first-order valence-corrected chi connectivity index (χ1v) is 9.93. The summed E-state index contributed by atoms with van der Waals surface area (Å²) in [5.74, 6) is 2.58. The molecule has 0 unspecified atom stereocenters. The van der Waals surface area contributed by atoms with Crippen LogP contribution in [0.4, 0.5) is 0 Å². The van der Waals surface area contributed by atoms with Crippen molar-refractivity contribution in [2.75, 3.05) is 13.1 Å². The molecule has 1 N–H and O–H groups in total. The molecule has 0 bridgehead atoms. The molecule has 138 valence electrons. The largest absolute Gasteiger partial charge is 0.440 e. The van der Waals surface area contributed by atoms with E-state index < -0.39 is 0 Å². The van der Waals surface area contributed by atoms with Gasteiger partial charge in [0, 0.05) is 12.5 Å². The second-order valence-corrected chi connectivity index (χ2v) is 7.51. The van der Waals surface area contributed by atoms with Crippen molar-refractivity contribution in [3.05, 3.63) is 45.3 Å². The number of aryl methyl sites for hydroxylation is 1. The highest BCUT2D eigenvalue weighted by Gasteiger charge is 2.24. The van der Waals surface area contributed by atoms with E-state index in [1.165, 1.54) is 4.68 Å². The summed E-state index contributed by atoms with van der Waals surface area (Å²) in [6, 6.07) is 3.95. The van der Waals surface area contributed by atoms with Crippen LogP contribution in [0.2, 0.25) is 0 Å². The Labute approximate surface area is 155 Å². The third-order valence-electron chi connectivity index (χ3n) is 4.90. The van der Waals surface area contributed by atoms with Gasteiger partial charge in [0.2, 0.25) is 5.89 Å². The van der Waals surface area contributed by atoms with Crippen LogP contribution in [0.5, 0.6) is 0 Å². The highest BCUT2D eigenvalue weighted by atomic mass is 32.1. The zero-order chi connectivity index (χ0) is 18.1. The van der Waals surface area contributed by atoms with Gasteiger partial charge in [0.15, 0.2) is 0 Å². The van der Waals surface area contributed by atoms with Crippen LogP contribution < -0.4 is 11.0 Å². The van der Waals surface area contributed by atoms with Crippen molar-refractivity contribution in [3.63, 3.8) is 0 Å². The minimum atomic E-state index is -0.0684. The van der Waals surface area contributed by atoms with Gasteiger partial charge in [0.1, 0.15) is 17.3 Å². The zero-order valence-electron chi connectivity index (χ0n) is 15.1. The number of piperidine rings is 1. The van der Waals surface area contributed by atoms with Crippen LogP contribution in [-0.2, 0) is 13.1 Å². The number of nitrogens with zero attached hydrogens (tertiary/aromatic N) is 4. The van der Waals surface area contributed by atoms with Crippen LogP contribution in [0.25, 0.3) is 10.8 Å². The Morgan fingerprint density at radius 3 is 2.88 bits per heavy atom. The Morgan fingerprint density at radius 2 is 2.19 bits per heavy atom. The van der Waals surface area contributed by atoms with Gasteiger partial charge in [-0.1, -0.05) is 6.07 Å². The smallest absolute Gasteiger partial charge is 0.346 e. The first-order chi connectivity index (χ1) is 12.7. The van der Waals surface area contributed by atoms with E-state index in [4.69, 9.17) is 4.42 Å². The van der Waals surface area contributed by atoms with E-state index in [-0.39, 0.29) is 5.69 Å². The van der Waals surface area contributed by atoms with Gasteiger partial charge >= 0.3 is 5.69 Å². The summed E-state index contributed by atoms with van der Waals surface area (Å²) in [6.45, 7) is 6.80. The van der Waals surface area contributed by atoms with Crippen molar-refractivity contribution in [2.45, 2.75) is 45.7 Å². The summed E-state index contributed by atoms with van der Waals surface area (Å²) in [6.07, 6.45) is 2.03. The first kappa shape index (κ1) is 17.2. The topological polar surface area (TPSA) is 77.9 Å². The average molecular weight is 373 g/mol. The highest BCUT2D eigenvalue weighted by Crippen LogP contribution is 2.26. The molecule has 1 aliphatic rings. The van der Waals surface area contributed by atoms with E-state index in [0.717, 1.165) is 48.1 Å². The van der Waals surface area contributed by atoms with E-state index in [1.54, 1.807) is 15.9 Å². The highest BCUT2D eigenvalue weighted by molar-refractivity contribution is 7.13. The molecule has 0 saturated carbocycles. The summed E-state index contributed by atoms with van der Waals surface area (Å²) in [5.41, 5.74) is 0.689. The molecular formula is C18H23N5O2S.